The van der Waals surface area contributed by atoms with Crippen molar-refractivity contribution in [2.75, 3.05) is 26.4 Å². The predicted octanol–water partition coefficient (Wildman–Crippen LogP) is -5.39. The van der Waals surface area contributed by atoms with Crippen LogP contribution in [0, 0.1) is 0 Å². The summed E-state index contributed by atoms with van der Waals surface area (Å²) >= 11 is 0. The Hall–Kier alpha value is -0.295. The molecule has 0 aliphatic carbocycles. The third-order valence-corrected chi connectivity index (χ3v) is 0.843. The van der Waals surface area contributed by atoms with Crippen molar-refractivity contribution in [3.8, 4) is 0 Å². The highest BCUT2D eigenvalue weighted by Crippen LogP contribution is 1.72. The van der Waals surface area contributed by atoms with Gasteiger partial charge in [-0.15, -0.1) is 0 Å². The molecule has 0 aromatic carbocycles. The molecule has 0 aromatic rings. The summed E-state index contributed by atoms with van der Waals surface area (Å²) in [5.74, 6) is 0. The third-order valence-electron chi connectivity index (χ3n) is 0.843. The Morgan fingerprint density at radius 3 is 0.750 bits per heavy atom. The average Bonchev–Trinajstić information content (AvgIpc) is 2.26. The van der Waals surface area contributed by atoms with Crippen LogP contribution < -0.4 is 0 Å². The topological polar surface area (TPSA) is 182 Å². The summed E-state index contributed by atoms with van der Waals surface area (Å²) in [6.45, 7) is -1.46. The molecule has 0 spiro atoms. The van der Waals surface area contributed by atoms with Crippen molar-refractivity contribution in [1.29, 1.82) is 0 Å². The standard InChI is InChI=1S/2C3H8O3.BH3O3/c2*4-1-3(6)2-5;2-1(3)4/h2*3-6H,1-2H2;2-4H. The van der Waals surface area contributed by atoms with Gasteiger partial charge in [0.15, 0.2) is 0 Å². The minimum absolute atomic E-state index is 0.365. The molecular formula is C6H19BO9. The van der Waals surface area contributed by atoms with Crippen LogP contribution in [0.5, 0.6) is 0 Å². The van der Waals surface area contributed by atoms with Crippen molar-refractivity contribution < 1.29 is 45.7 Å². The van der Waals surface area contributed by atoms with Crippen LogP contribution in [0.15, 0.2) is 0 Å². The van der Waals surface area contributed by atoms with Gasteiger partial charge in [-0.3, -0.25) is 0 Å². The lowest BCUT2D eigenvalue weighted by Crippen LogP contribution is -2.15. The normalized spacial score (nSPS) is 9.19. The molecule has 9 nitrogen and oxygen atoms in total. The van der Waals surface area contributed by atoms with Crippen LogP contribution in [0.1, 0.15) is 0 Å². The van der Waals surface area contributed by atoms with Crippen LogP contribution in [-0.2, 0) is 0 Å². The first-order valence-electron chi connectivity index (χ1n) is 4.19. The van der Waals surface area contributed by atoms with E-state index in [0.717, 1.165) is 0 Å². The van der Waals surface area contributed by atoms with Gasteiger partial charge in [0.2, 0.25) is 0 Å². The molecule has 0 bridgehead atoms. The fraction of sp³-hybridized carbons (Fsp3) is 1.00. The summed E-state index contributed by atoms with van der Waals surface area (Å²) in [6, 6.07) is 0. The van der Waals surface area contributed by atoms with Gasteiger partial charge in [0, 0.05) is 0 Å². The summed E-state index contributed by atoms with van der Waals surface area (Å²) in [5, 5.41) is 69.5. The highest BCUT2D eigenvalue weighted by molar-refractivity contribution is 6.30. The highest BCUT2D eigenvalue weighted by Gasteiger charge is 1.94. The first-order chi connectivity index (χ1) is 7.35. The van der Waals surface area contributed by atoms with Crippen molar-refractivity contribution >= 4 is 7.32 Å². The highest BCUT2D eigenvalue weighted by atomic mass is 16.5. The fourth-order valence-corrected chi connectivity index (χ4v) is 0.115. The Balaban J connectivity index is -0.000000162. The summed E-state index contributed by atoms with van der Waals surface area (Å²) < 4.78 is 0. The number of aliphatic hydroxyl groups is 6. The van der Waals surface area contributed by atoms with E-state index in [4.69, 9.17) is 45.7 Å². The van der Waals surface area contributed by atoms with Crippen LogP contribution in [-0.4, -0.2) is 91.7 Å². The Morgan fingerprint density at radius 1 is 0.625 bits per heavy atom. The maximum absolute atomic E-state index is 8.17. The van der Waals surface area contributed by atoms with E-state index < -0.39 is 19.5 Å². The van der Waals surface area contributed by atoms with Gasteiger partial charge in [-0.05, 0) is 0 Å². The van der Waals surface area contributed by atoms with Crippen molar-refractivity contribution in [2.24, 2.45) is 0 Å². The molecule has 9 N–H and O–H groups in total. The molecule has 0 amide bonds. The minimum Gasteiger partial charge on any atom is -0.402 e. The van der Waals surface area contributed by atoms with Gasteiger partial charge in [0.1, 0.15) is 12.2 Å². The molecule has 0 saturated heterocycles. The van der Waals surface area contributed by atoms with Gasteiger partial charge < -0.3 is 45.7 Å². The quantitative estimate of drug-likeness (QED) is 0.218. The largest absolute Gasteiger partial charge is 0.631 e. The second-order valence-corrected chi connectivity index (χ2v) is 2.38. The van der Waals surface area contributed by atoms with E-state index >= 15 is 0 Å². The van der Waals surface area contributed by atoms with Crippen molar-refractivity contribution in [1.82, 2.24) is 0 Å². The second kappa shape index (κ2) is 17.1. The van der Waals surface area contributed by atoms with Gasteiger partial charge in [-0.2, -0.15) is 0 Å². The Kier molecular flexibility index (Phi) is 22.5. The van der Waals surface area contributed by atoms with Crippen LogP contribution in [0.4, 0.5) is 0 Å². The lowest BCUT2D eigenvalue weighted by Gasteiger charge is -1.96. The van der Waals surface area contributed by atoms with Crippen molar-refractivity contribution in [2.45, 2.75) is 12.2 Å². The molecule has 0 fully saturated rings. The Morgan fingerprint density at radius 2 is 0.750 bits per heavy atom. The molecule has 0 saturated carbocycles. The zero-order valence-corrected chi connectivity index (χ0v) is 8.59. The van der Waals surface area contributed by atoms with E-state index in [9.17, 15) is 0 Å². The first-order valence-corrected chi connectivity index (χ1v) is 4.19. The van der Waals surface area contributed by atoms with E-state index in [0.29, 0.717) is 0 Å². The van der Waals surface area contributed by atoms with Crippen molar-refractivity contribution in [3.63, 3.8) is 0 Å². The zero-order valence-electron chi connectivity index (χ0n) is 8.59. The molecule has 10 heteroatoms. The Bertz CT molecular complexity index is 93.4. The third kappa shape index (κ3) is 37.3. The maximum atomic E-state index is 8.17. The van der Waals surface area contributed by atoms with E-state index in [-0.39, 0.29) is 26.4 Å². The molecule has 0 aromatic heterocycles. The lowest BCUT2D eigenvalue weighted by molar-refractivity contribution is 0.0450. The number of hydrogen-bond acceptors (Lipinski definition) is 9. The Labute approximate surface area is 92.7 Å². The van der Waals surface area contributed by atoms with E-state index in [1.54, 1.807) is 0 Å². The SMILES string of the molecule is OB(O)O.OCC(O)CO.OCC(O)CO. The van der Waals surface area contributed by atoms with Crippen molar-refractivity contribution in [3.05, 3.63) is 0 Å². The molecule has 16 heavy (non-hydrogen) atoms. The number of rotatable bonds is 4. The zero-order chi connectivity index (χ0) is 13.6. The molecule has 100 valence electrons. The molecule has 0 unspecified atom stereocenters. The molecule has 0 atom stereocenters. The minimum atomic E-state index is -2.17. The monoisotopic (exact) mass is 246 g/mol. The maximum Gasteiger partial charge on any atom is 0.631 e. The predicted molar refractivity (Wildman–Crippen MR) is 52.8 cm³/mol. The van der Waals surface area contributed by atoms with E-state index in [1.165, 1.54) is 0 Å². The summed E-state index contributed by atoms with van der Waals surface area (Å²) in [6.07, 6.45) is -1.91. The van der Waals surface area contributed by atoms with E-state index in [1.807, 2.05) is 0 Å². The summed E-state index contributed by atoms with van der Waals surface area (Å²) in [5.41, 5.74) is 0. The van der Waals surface area contributed by atoms with Gasteiger partial charge in [0.25, 0.3) is 0 Å². The van der Waals surface area contributed by atoms with Gasteiger partial charge in [0.05, 0.1) is 26.4 Å². The van der Waals surface area contributed by atoms with Crippen LogP contribution in [0.3, 0.4) is 0 Å². The number of aliphatic hydroxyl groups excluding tert-OH is 6. The van der Waals surface area contributed by atoms with Crippen LogP contribution in [0.25, 0.3) is 0 Å². The fourth-order valence-electron chi connectivity index (χ4n) is 0.115. The smallest absolute Gasteiger partial charge is 0.402 e. The molecule has 0 heterocycles. The second-order valence-electron chi connectivity index (χ2n) is 2.38. The van der Waals surface area contributed by atoms with Gasteiger partial charge >= 0.3 is 7.32 Å². The van der Waals surface area contributed by atoms with E-state index in [2.05, 4.69) is 0 Å². The van der Waals surface area contributed by atoms with Crippen LogP contribution in [0.2, 0.25) is 0 Å². The van der Waals surface area contributed by atoms with Gasteiger partial charge in [-0.25, -0.2) is 0 Å². The molecule has 0 radical (unpaired) electrons. The van der Waals surface area contributed by atoms with Gasteiger partial charge in [-0.1, -0.05) is 0 Å². The molecule has 0 aliphatic heterocycles. The molecule has 0 aliphatic rings. The summed E-state index contributed by atoms with van der Waals surface area (Å²) in [7, 11) is -2.17. The average molecular weight is 246 g/mol. The lowest BCUT2D eigenvalue weighted by atomic mass is 10.3. The summed E-state index contributed by atoms with van der Waals surface area (Å²) in [4.78, 5) is 0. The van der Waals surface area contributed by atoms with Crippen LogP contribution >= 0.6 is 0 Å². The molecular weight excluding hydrogens is 227 g/mol. The first kappa shape index (κ1) is 21.0. The molecule has 0 rings (SSSR count). The number of hydrogen-bond donors (Lipinski definition) is 9.